The first-order chi connectivity index (χ1) is 31.8. The summed E-state index contributed by atoms with van der Waals surface area (Å²) in [5.74, 6) is -2.06. The third kappa shape index (κ3) is 12.8. The number of ether oxygens (including phenoxy) is 7. The van der Waals surface area contributed by atoms with E-state index in [0.717, 1.165) is 28.0 Å². The van der Waals surface area contributed by atoms with Crippen LogP contribution in [0.15, 0.2) is 24.3 Å². The predicted octanol–water partition coefficient (Wildman–Crippen LogP) is 4.64. The molecule has 0 radical (unpaired) electrons. The topological polar surface area (TPSA) is 214 Å². The van der Waals surface area contributed by atoms with Crippen LogP contribution in [0.25, 0.3) is 10.9 Å². The molecule has 18 atom stereocenters. The molecule has 6 N–H and O–H groups in total. The molecule has 2 aromatic rings. The van der Waals surface area contributed by atoms with E-state index in [0.29, 0.717) is 32.5 Å². The molecule has 1 aromatic carbocycles. The summed E-state index contributed by atoms with van der Waals surface area (Å²) in [4.78, 5) is 23.4. The fraction of sp³-hybridized carbons (Fsp3) is 0.804. The standard InChI is InChI=1S/C51H86N4O13/c1-16-40-51(11,61)44(57)33(7)55(21-17-20-52-38-22-29(3)53-37-19-18-35(62-14)24-36(37)38)27-28(2)25-49(9,60)46(68-48-42(56)39(54(12)13)23-30(4)64-48)31(5)43(32(6)47(59)66-40)67-41-26-50(10,63-15)45(58)34(8)65-41/h18-19,22,24,28,30-34,39-46,48,56-58,60-61H,16-17,20-21,23,25-27H2,1-15H3,(H,52,53)/t28-,30-,31+,32-,33-,34+,39+,40-,41+,42-,43+,44-,45+,46-,48+,49-,50-,51-/m1/s1. The van der Waals surface area contributed by atoms with Crippen molar-refractivity contribution in [3.63, 3.8) is 0 Å². The number of cyclic esters (lactones) is 1. The molecule has 388 valence electrons. The molecule has 17 heteroatoms. The fourth-order valence-electron chi connectivity index (χ4n) is 11.0. The number of aryl methyl sites for hydroxylation is 1. The number of aromatic nitrogens is 1. The molecule has 68 heavy (non-hydrogen) atoms. The zero-order valence-electron chi connectivity index (χ0n) is 43.5. The van der Waals surface area contributed by atoms with E-state index in [4.69, 9.17) is 38.1 Å². The second-order valence-corrected chi connectivity index (χ2v) is 21.2. The van der Waals surface area contributed by atoms with Gasteiger partial charge in [-0.05, 0) is 125 Å². The van der Waals surface area contributed by atoms with Gasteiger partial charge in [-0.2, -0.15) is 0 Å². The molecule has 5 rings (SSSR count). The van der Waals surface area contributed by atoms with Gasteiger partial charge in [-0.15, -0.1) is 0 Å². The fourth-order valence-corrected chi connectivity index (χ4v) is 11.0. The maximum Gasteiger partial charge on any atom is 0.311 e. The number of likely N-dealkylation sites (N-methyl/N-ethyl adjacent to an activating group) is 1. The molecule has 3 saturated heterocycles. The van der Waals surface area contributed by atoms with Crippen LogP contribution in [0.3, 0.4) is 0 Å². The number of anilines is 1. The molecule has 0 spiro atoms. The Morgan fingerprint density at radius 3 is 2.28 bits per heavy atom. The van der Waals surface area contributed by atoms with Crippen LogP contribution < -0.4 is 10.1 Å². The van der Waals surface area contributed by atoms with Gasteiger partial charge in [-0.1, -0.05) is 20.8 Å². The van der Waals surface area contributed by atoms with Crippen LogP contribution in [-0.4, -0.2) is 185 Å². The highest BCUT2D eigenvalue weighted by Crippen LogP contribution is 2.40. The number of methoxy groups -OCH3 is 2. The number of hydrogen-bond acceptors (Lipinski definition) is 17. The van der Waals surface area contributed by atoms with E-state index in [-0.39, 0.29) is 37.3 Å². The molecule has 0 amide bonds. The van der Waals surface area contributed by atoms with Crippen molar-refractivity contribution in [3.8, 4) is 5.75 Å². The molecule has 0 aliphatic carbocycles. The zero-order valence-corrected chi connectivity index (χ0v) is 43.5. The summed E-state index contributed by atoms with van der Waals surface area (Å²) >= 11 is 0. The summed E-state index contributed by atoms with van der Waals surface area (Å²) in [6, 6.07) is 6.85. The molecule has 0 saturated carbocycles. The van der Waals surface area contributed by atoms with Crippen LogP contribution in [-0.2, 0) is 33.2 Å². The van der Waals surface area contributed by atoms with Crippen molar-refractivity contribution < 1.29 is 63.5 Å². The minimum Gasteiger partial charge on any atom is -0.497 e. The van der Waals surface area contributed by atoms with Crippen molar-refractivity contribution in [1.29, 1.82) is 0 Å². The molecule has 3 aliphatic rings. The Labute approximate surface area is 405 Å². The van der Waals surface area contributed by atoms with Gasteiger partial charge in [0.1, 0.15) is 35.8 Å². The number of fused-ring (bicyclic) bond motifs is 1. The number of carbonyl (C=O) groups excluding carboxylic acids is 1. The van der Waals surface area contributed by atoms with Gasteiger partial charge in [0.2, 0.25) is 0 Å². The van der Waals surface area contributed by atoms with E-state index in [1.165, 1.54) is 14.0 Å². The van der Waals surface area contributed by atoms with Crippen LogP contribution >= 0.6 is 0 Å². The minimum absolute atomic E-state index is 0.112. The predicted molar refractivity (Wildman–Crippen MR) is 259 cm³/mol. The van der Waals surface area contributed by atoms with Crippen molar-refractivity contribution >= 4 is 22.6 Å². The normalized spacial score (nSPS) is 40.7. The SMILES string of the molecule is CC[C@H]1OC(=O)[C@H](C)[C@@H](O[C@H]2C[C@@](C)(OC)[C@@H](O)[C@H](C)O2)[C@H](C)[C@@H](O[C@@H]2O[C@H](C)C[C@H](N(C)C)[C@H]2O)[C@](C)(O)C[C@@H](C)CN(CCCNc2cc(C)nc3ccc(OC)cc23)[C@H](C)[C@@H](O)[C@]1(C)O. The van der Waals surface area contributed by atoms with Gasteiger partial charge < -0.3 is 68.9 Å². The Balaban J connectivity index is 1.53. The highest BCUT2D eigenvalue weighted by atomic mass is 16.7. The Kier molecular flexibility index (Phi) is 19.1. The molecular formula is C51H86N4O13. The van der Waals surface area contributed by atoms with Crippen molar-refractivity contribution in [2.45, 2.75) is 199 Å². The van der Waals surface area contributed by atoms with Gasteiger partial charge in [0.15, 0.2) is 12.6 Å². The monoisotopic (exact) mass is 963 g/mol. The van der Waals surface area contributed by atoms with Crippen LogP contribution in [0.4, 0.5) is 5.69 Å². The van der Waals surface area contributed by atoms with Crippen molar-refractivity contribution in [1.82, 2.24) is 14.8 Å². The molecular weight excluding hydrogens is 877 g/mol. The number of hydrogen-bond donors (Lipinski definition) is 6. The summed E-state index contributed by atoms with van der Waals surface area (Å²) in [5.41, 5.74) is -1.94. The number of aliphatic hydroxyl groups excluding tert-OH is 3. The third-order valence-corrected chi connectivity index (χ3v) is 15.1. The maximum atomic E-state index is 14.6. The average molecular weight is 963 g/mol. The van der Waals surface area contributed by atoms with Crippen molar-refractivity contribution in [2.75, 3.05) is 53.3 Å². The number of nitrogens with zero attached hydrogens (tertiary/aromatic N) is 3. The van der Waals surface area contributed by atoms with Crippen molar-refractivity contribution in [3.05, 3.63) is 30.0 Å². The number of pyridine rings is 1. The highest BCUT2D eigenvalue weighted by Gasteiger charge is 2.53. The highest BCUT2D eigenvalue weighted by molar-refractivity contribution is 5.92. The Morgan fingerprint density at radius 2 is 1.65 bits per heavy atom. The number of aliphatic hydroxyl groups is 5. The van der Waals surface area contributed by atoms with E-state index < -0.39 is 96.0 Å². The smallest absolute Gasteiger partial charge is 0.311 e. The quantitative estimate of drug-likeness (QED) is 0.119. The van der Waals surface area contributed by atoms with Crippen molar-refractivity contribution in [2.24, 2.45) is 17.8 Å². The van der Waals surface area contributed by atoms with Gasteiger partial charge in [0.05, 0.1) is 54.2 Å². The molecule has 0 bridgehead atoms. The lowest BCUT2D eigenvalue weighted by molar-refractivity contribution is -0.318. The number of nitrogens with one attached hydrogen (secondary N) is 1. The van der Waals surface area contributed by atoms with E-state index in [2.05, 4.69) is 10.2 Å². The number of esters is 1. The van der Waals surface area contributed by atoms with Crippen LogP contribution in [0, 0.1) is 24.7 Å². The molecule has 3 aliphatic heterocycles. The maximum absolute atomic E-state index is 14.6. The van der Waals surface area contributed by atoms with E-state index >= 15 is 0 Å². The lowest BCUT2D eigenvalue weighted by Gasteiger charge is -2.48. The summed E-state index contributed by atoms with van der Waals surface area (Å²) in [5, 5.41) is 64.8. The molecule has 17 nitrogen and oxygen atoms in total. The number of benzene rings is 1. The van der Waals surface area contributed by atoms with Gasteiger partial charge in [0.25, 0.3) is 0 Å². The van der Waals surface area contributed by atoms with Crippen LogP contribution in [0.5, 0.6) is 5.75 Å². The molecule has 1 aromatic heterocycles. The van der Waals surface area contributed by atoms with Gasteiger partial charge in [-0.25, -0.2) is 0 Å². The Bertz CT molecular complexity index is 1940. The minimum atomic E-state index is -1.89. The van der Waals surface area contributed by atoms with Gasteiger partial charge in [0, 0.05) is 67.9 Å². The summed E-state index contributed by atoms with van der Waals surface area (Å²) in [6.07, 6.45) is -8.12. The lowest BCUT2D eigenvalue weighted by Crippen LogP contribution is -2.60. The summed E-state index contributed by atoms with van der Waals surface area (Å²) in [7, 11) is 6.92. The van der Waals surface area contributed by atoms with Crippen LogP contribution in [0.2, 0.25) is 0 Å². The Morgan fingerprint density at radius 1 is 0.956 bits per heavy atom. The van der Waals surface area contributed by atoms with E-state index in [9.17, 15) is 30.3 Å². The number of rotatable bonds is 13. The second kappa shape index (κ2) is 23.2. The van der Waals surface area contributed by atoms with Gasteiger partial charge >= 0.3 is 5.97 Å². The first kappa shape index (κ1) is 56.1. The van der Waals surface area contributed by atoms with E-state index in [1.54, 1.807) is 41.7 Å². The average Bonchev–Trinajstić information content (AvgIpc) is 3.28. The molecule has 4 heterocycles. The molecule has 3 fully saturated rings. The summed E-state index contributed by atoms with van der Waals surface area (Å²) < 4.78 is 43.8. The first-order valence-electron chi connectivity index (χ1n) is 24.7. The summed E-state index contributed by atoms with van der Waals surface area (Å²) in [6.45, 7) is 21.2. The first-order valence-corrected chi connectivity index (χ1v) is 24.7. The van der Waals surface area contributed by atoms with Gasteiger partial charge in [-0.3, -0.25) is 14.7 Å². The third-order valence-electron chi connectivity index (χ3n) is 15.1. The Hall–Kier alpha value is -2.78. The largest absolute Gasteiger partial charge is 0.497 e. The van der Waals surface area contributed by atoms with Crippen LogP contribution in [0.1, 0.15) is 107 Å². The zero-order chi connectivity index (χ0) is 50.6. The number of carbonyl (C=O) groups is 1. The lowest BCUT2D eigenvalue weighted by atomic mass is 9.77. The molecule has 0 unspecified atom stereocenters. The second-order valence-electron chi connectivity index (χ2n) is 21.2. The van der Waals surface area contributed by atoms with E-state index in [1.807, 2.05) is 77.9 Å².